The van der Waals surface area contributed by atoms with Crippen molar-refractivity contribution >= 4 is 15.9 Å². The van der Waals surface area contributed by atoms with Crippen molar-refractivity contribution in [2.75, 3.05) is 0 Å². The van der Waals surface area contributed by atoms with Crippen molar-refractivity contribution in [3.05, 3.63) is 69.2 Å². The van der Waals surface area contributed by atoms with Crippen molar-refractivity contribution in [1.29, 1.82) is 0 Å². The maximum atomic E-state index is 6.34. The van der Waals surface area contributed by atoms with E-state index in [1.165, 1.54) is 22.3 Å². The van der Waals surface area contributed by atoms with Gasteiger partial charge in [0.2, 0.25) is 0 Å². The summed E-state index contributed by atoms with van der Waals surface area (Å²) >= 11 is 3.58. The Kier molecular flexibility index (Phi) is 4.20. The van der Waals surface area contributed by atoms with Gasteiger partial charge in [0.15, 0.2) is 0 Å². The van der Waals surface area contributed by atoms with Gasteiger partial charge in [0.1, 0.15) is 0 Å². The van der Waals surface area contributed by atoms with Crippen molar-refractivity contribution in [1.82, 2.24) is 0 Å². The molecule has 0 saturated carbocycles. The second-order valence-electron chi connectivity index (χ2n) is 4.76. The third-order valence-corrected chi connectivity index (χ3v) is 3.97. The van der Waals surface area contributed by atoms with E-state index in [0.717, 1.165) is 10.9 Å². The Morgan fingerprint density at radius 3 is 2.56 bits per heavy atom. The van der Waals surface area contributed by atoms with Gasteiger partial charge in [-0.05, 0) is 43.0 Å². The lowest BCUT2D eigenvalue weighted by atomic mass is 9.96. The molecule has 0 aliphatic heterocycles. The highest BCUT2D eigenvalue weighted by Crippen LogP contribution is 2.26. The van der Waals surface area contributed by atoms with Crippen molar-refractivity contribution < 1.29 is 0 Å². The first kappa shape index (κ1) is 13.3. The minimum Gasteiger partial charge on any atom is -0.324 e. The quantitative estimate of drug-likeness (QED) is 0.898. The largest absolute Gasteiger partial charge is 0.324 e. The fourth-order valence-electron chi connectivity index (χ4n) is 2.13. The van der Waals surface area contributed by atoms with Crippen molar-refractivity contribution in [3.8, 4) is 0 Å². The number of nitrogens with two attached hydrogens (primary N) is 1. The first-order chi connectivity index (χ1) is 8.58. The van der Waals surface area contributed by atoms with E-state index in [0.29, 0.717) is 0 Å². The summed E-state index contributed by atoms with van der Waals surface area (Å²) in [4.78, 5) is 0. The zero-order chi connectivity index (χ0) is 13.1. The van der Waals surface area contributed by atoms with E-state index in [4.69, 9.17) is 5.73 Å². The molecule has 0 heterocycles. The Morgan fingerprint density at radius 1 is 1.11 bits per heavy atom. The molecule has 1 nitrogen and oxygen atoms in total. The molecule has 0 aromatic heterocycles. The molecular formula is C16H18BrN. The fraction of sp³-hybridized carbons (Fsp3) is 0.250. The van der Waals surface area contributed by atoms with E-state index in [1.54, 1.807) is 0 Å². The molecule has 2 N–H and O–H groups in total. The van der Waals surface area contributed by atoms with Gasteiger partial charge in [-0.1, -0.05) is 57.9 Å². The van der Waals surface area contributed by atoms with E-state index < -0.39 is 0 Å². The van der Waals surface area contributed by atoms with Gasteiger partial charge in [-0.3, -0.25) is 0 Å². The third kappa shape index (κ3) is 3.01. The summed E-state index contributed by atoms with van der Waals surface area (Å²) in [5, 5.41) is 0. The highest BCUT2D eigenvalue weighted by Gasteiger charge is 2.11. The van der Waals surface area contributed by atoms with Gasteiger partial charge in [0, 0.05) is 10.5 Å². The molecule has 0 bridgehead atoms. The molecule has 0 amide bonds. The molecule has 2 heteroatoms. The molecule has 0 aliphatic carbocycles. The van der Waals surface area contributed by atoms with Gasteiger partial charge in [-0.25, -0.2) is 0 Å². The third-order valence-electron chi connectivity index (χ3n) is 3.25. The number of halogens is 1. The highest BCUT2D eigenvalue weighted by molar-refractivity contribution is 9.10. The van der Waals surface area contributed by atoms with Gasteiger partial charge in [-0.15, -0.1) is 0 Å². The fourth-order valence-corrected chi connectivity index (χ4v) is 2.67. The van der Waals surface area contributed by atoms with Crippen LogP contribution >= 0.6 is 15.9 Å². The lowest BCUT2D eigenvalue weighted by Crippen LogP contribution is -2.14. The standard InChI is InChI=1S/C16H18BrN/c1-11-7-8-15(17)14(9-11)16(18)10-13-6-4-3-5-12(13)2/h3-9,16H,10,18H2,1-2H3. The maximum Gasteiger partial charge on any atom is 0.0347 e. The van der Waals surface area contributed by atoms with Crippen LogP contribution in [0.15, 0.2) is 46.9 Å². The number of aryl methyl sites for hydroxylation is 2. The number of rotatable bonds is 3. The van der Waals surface area contributed by atoms with Gasteiger partial charge < -0.3 is 5.73 Å². The average Bonchev–Trinajstić information content (AvgIpc) is 2.35. The van der Waals surface area contributed by atoms with Crippen LogP contribution in [-0.2, 0) is 6.42 Å². The molecule has 1 atom stereocenters. The van der Waals surface area contributed by atoms with Crippen molar-refractivity contribution in [2.45, 2.75) is 26.3 Å². The van der Waals surface area contributed by atoms with Crippen LogP contribution in [0.3, 0.4) is 0 Å². The molecule has 0 spiro atoms. The van der Waals surface area contributed by atoms with E-state index >= 15 is 0 Å². The summed E-state index contributed by atoms with van der Waals surface area (Å²) in [5.74, 6) is 0. The summed E-state index contributed by atoms with van der Waals surface area (Å²) < 4.78 is 1.09. The van der Waals surface area contributed by atoms with Crippen LogP contribution in [0.25, 0.3) is 0 Å². The van der Waals surface area contributed by atoms with E-state index in [9.17, 15) is 0 Å². The summed E-state index contributed by atoms with van der Waals surface area (Å²) in [6.45, 7) is 4.23. The van der Waals surface area contributed by atoms with Crippen LogP contribution in [0.5, 0.6) is 0 Å². The molecule has 2 rings (SSSR count). The lowest BCUT2D eigenvalue weighted by Gasteiger charge is -2.16. The molecule has 1 unspecified atom stereocenters. The second-order valence-corrected chi connectivity index (χ2v) is 5.62. The number of hydrogen-bond acceptors (Lipinski definition) is 1. The van der Waals surface area contributed by atoms with E-state index in [2.05, 4.69) is 72.2 Å². The molecule has 2 aromatic rings. The monoisotopic (exact) mass is 303 g/mol. The smallest absolute Gasteiger partial charge is 0.0347 e. The van der Waals surface area contributed by atoms with E-state index in [-0.39, 0.29) is 6.04 Å². The number of hydrogen-bond donors (Lipinski definition) is 1. The zero-order valence-corrected chi connectivity index (χ0v) is 12.4. The molecule has 0 radical (unpaired) electrons. The first-order valence-electron chi connectivity index (χ1n) is 6.14. The Labute approximate surface area is 117 Å². The Hall–Kier alpha value is -1.12. The molecule has 2 aromatic carbocycles. The Balaban J connectivity index is 2.25. The zero-order valence-electron chi connectivity index (χ0n) is 10.8. The van der Waals surface area contributed by atoms with Crippen molar-refractivity contribution in [3.63, 3.8) is 0 Å². The Morgan fingerprint density at radius 2 is 1.83 bits per heavy atom. The predicted octanol–water partition coefficient (Wildman–Crippen LogP) is 4.31. The summed E-state index contributed by atoms with van der Waals surface area (Å²) in [7, 11) is 0. The second kappa shape index (κ2) is 5.68. The van der Waals surface area contributed by atoms with Crippen LogP contribution in [0.1, 0.15) is 28.3 Å². The normalized spacial score (nSPS) is 12.4. The lowest BCUT2D eigenvalue weighted by molar-refractivity contribution is 0.714. The predicted molar refractivity (Wildman–Crippen MR) is 80.7 cm³/mol. The minimum atomic E-state index is 0.0281. The first-order valence-corrected chi connectivity index (χ1v) is 6.93. The molecule has 94 valence electrons. The molecule has 0 fully saturated rings. The summed E-state index contributed by atoms with van der Waals surface area (Å²) in [6, 6.07) is 14.8. The topological polar surface area (TPSA) is 26.0 Å². The molecule has 0 aliphatic rings. The van der Waals surface area contributed by atoms with Gasteiger partial charge in [0.25, 0.3) is 0 Å². The van der Waals surface area contributed by atoms with Crippen LogP contribution in [0.4, 0.5) is 0 Å². The van der Waals surface area contributed by atoms with Gasteiger partial charge in [-0.2, -0.15) is 0 Å². The molecule has 0 saturated heterocycles. The van der Waals surface area contributed by atoms with Crippen LogP contribution in [0.2, 0.25) is 0 Å². The van der Waals surface area contributed by atoms with Crippen LogP contribution in [0, 0.1) is 13.8 Å². The minimum absolute atomic E-state index is 0.0281. The molecular weight excluding hydrogens is 286 g/mol. The number of benzene rings is 2. The summed E-state index contributed by atoms with van der Waals surface area (Å²) in [5.41, 5.74) is 11.4. The molecule has 18 heavy (non-hydrogen) atoms. The van der Waals surface area contributed by atoms with Crippen LogP contribution < -0.4 is 5.73 Å². The van der Waals surface area contributed by atoms with E-state index in [1.807, 2.05) is 0 Å². The highest BCUT2D eigenvalue weighted by atomic mass is 79.9. The van der Waals surface area contributed by atoms with Gasteiger partial charge >= 0.3 is 0 Å². The SMILES string of the molecule is Cc1ccc(Br)c(C(N)Cc2ccccc2C)c1. The Bertz CT molecular complexity index is 549. The van der Waals surface area contributed by atoms with Gasteiger partial charge in [0.05, 0.1) is 0 Å². The van der Waals surface area contributed by atoms with Crippen molar-refractivity contribution in [2.24, 2.45) is 5.73 Å². The maximum absolute atomic E-state index is 6.34. The average molecular weight is 304 g/mol. The van der Waals surface area contributed by atoms with Crippen LogP contribution in [-0.4, -0.2) is 0 Å². The summed E-state index contributed by atoms with van der Waals surface area (Å²) in [6.07, 6.45) is 0.870.